The van der Waals surface area contributed by atoms with Crippen molar-refractivity contribution in [3.8, 4) is 11.3 Å². The number of ketones is 1. The maximum Gasteiger partial charge on any atom is 0.268 e. The standard InChI is InChI=1S/C25H17N3O6S/c1-15(29)16-5-9-18(10-6-16)28-24(30)20-3-2-4-21(23(20)25(28)31)27-35(32,33)19-11-7-17(8-12-19)22-13-26-14-34-22/h2-14,27H,1H3. The molecule has 1 aliphatic heterocycles. The molecule has 0 saturated carbocycles. The van der Waals surface area contributed by atoms with Gasteiger partial charge in [0, 0.05) is 11.1 Å². The van der Waals surface area contributed by atoms with Crippen LogP contribution in [0.1, 0.15) is 38.0 Å². The van der Waals surface area contributed by atoms with Crippen LogP contribution in [-0.4, -0.2) is 31.0 Å². The molecule has 2 heterocycles. The number of hydrogen-bond acceptors (Lipinski definition) is 7. The van der Waals surface area contributed by atoms with Gasteiger partial charge in [0.05, 0.1) is 33.6 Å². The van der Waals surface area contributed by atoms with Crippen molar-refractivity contribution >= 4 is 39.0 Å². The van der Waals surface area contributed by atoms with Crippen LogP contribution < -0.4 is 9.62 Å². The average Bonchev–Trinajstić information content (AvgIpc) is 3.47. The number of carbonyl (C=O) groups excluding carboxylic acids is 3. The predicted molar refractivity (Wildman–Crippen MR) is 127 cm³/mol. The molecule has 0 radical (unpaired) electrons. The Morgan fingerprint density at radius 3 is 2.29 bits per heavy atom. The van der Waals surface area contributed by atoms with Crippen LogP contribution in [0.2, 0.25) is 0 Å². The Bertz CT molecular complexity index is 1580. The van der Waals surface area contributed by atoms with Crippen LogP contribution in [0.3, 0.4) is 0 Å². The molecule has 9 nitrogen and oxygen atoms in total. The van der Waals surface area contributed by atoms with E-state index in [1.807, 2.05) is 0 Å². The van der Waals surface area contributed by atoms with Gasteiger partial charge in [0.2, 0.25) is 0 Å². The highest BCUT2D eigenvalue weighted by Crippen LogP contribution is 2.34. The number of hydrogen-bond donors (Lipinski definition) is 1. The van der Waals surface area contributed by atoms with Crippen molar-refractivity contribution in [2.45, 2.75) is 11.8 Å². The Hall–Kier alpha value is -4.57. The van der Waals surface area contributed by atoms with E-state index in [0.717, 1.165) is 4.90 Å². The van der Waals surface area contributed by atoms with Gasteiger partial charge in [-0.2, -0.15) is 0 Å². The number of fused-ring (bicyclic) bond motifs is 1. The van der Waals surface area contributed by atoms with Gasteiger partial charge < -0.3 is 4.42 Å². The molecule has 0 atom stereocenters. The lowest BCUT2D eigenvalue weighted by Crippen LogP contribution is -2.29. The smallest absolute Gasteiger partial charge is 0.268 e. The molecule has 0 unspecified atom stereocenters. The zero-order valence-electron chi connectivity index (χ0n) is 18.3. The van der Waals surface area contributed by atoms with Gasteiger partial charge in [-0.05, 0) is 67.6 Å². The van der Waals surface area contributed by atoms with Gasteiger partial charge in [-0.15, -0.1) is 0 Å². The third-order valence-electron chi connectivity index (χ3n) is 5.57. The molecule has 1 N–H and O–H groups in total. The average molecular weight is 487 g/mol. The number of carbonyl (C=O) groups is 3. The predicted octanol–water partition coefficient (Wildman–Crippen LogP) is 4.15. The summed E-state index contributed by atoms with van der Waals surface area (Å²) in [6.45, 7) is 1.41. The lowest BCUT2D eigenvalue weighted by molar-refractivity contribution is 0.0925. The zero-order chi connectivity index (χ0) is 24.7. The number of nitrogens with one attached hydrogen (secondary N) is 1. The van der Waals surface area contributed by atoms with Gasteiger partial charge in [0.15, 0.2) is 17.9 Å². The number of imide groups is 1. The van der Waals surface area contributed by atoms with Crippen LogP contribution in [0, 0.1) is 0 Å². The monoisotopic (exact) mass is 487 g/mol. The van der Waals surface area contributed by atoms with Crippen molar-refractivity contribution < 1.29 is 27.2 Å². The quantitative estimate of drug-likeness (QED) is 0.320. The highest BCUT2D eigenvalue weighted by Gasteiger charge is 2.39. The molecule has 174 valence electrons. The molecule has 35 heavy (non-hydrogen) atoms. The van der Waals surface area contributed by atoms with Crippen LogP contribution in [0.4, 0.5) is 11.4 Å². The summed E-state index contributed by atoms with van der Waals surface area (Å²) < 4.78 is 33.7. The third-order valence-corrected chi connectivity index (χ3v) is 6.95. The van der Waals surface area contributed by atoms with Gasteiger partial charge in [-0.1, -0.05) is 6.07 Å². The minimum Gasteiger partial charge on any atom is -0.444 e. The molecule has 5 rings (SSSR count). The van der Waals surface area contributed by atoms with E-state index in [9.17, 15) is 22.8 Å². The van der Waals surface area contributed by atoms with E-state index in [4.69, 9.17) is 4.42 Å². The van der Waals surface area contributed by atoms with Crippen LogP contribution >= 0.6 is 0 Å². The molecule has 4 aromatic rings. The first kappa shape index (κ1) is 22.2. The van der Waals surface area contributed by atoms with Crippen molar-refractivity contribution in [2.24, 2.45) is 0 Å². The number of anilines is 2. The summed E-state index contributed by atoms with van der Waals surface area (Å²) in [6.07, 6.45) is 2.79. The second-order valence-electron chi connectivity index (χ2n) is 7.77. The topological polar surface area (TPSA) is 127 Å². The Kier molecular flexibility index (Phi) is 5.29. The molecule has 10 heteroatoms. The molecular weight excluding hydrogens is 470 g/mol. The minimum absolute atomic E-state index is 0.0111. The number of oxazole rings is 1. The minimum atomic E-state index is -4.07. The number of sulfonamides is 1. The maximum absolute atomic E-state index is 13.2. The second-order valence-corrected chi connectivity index (χ2v) is 9.45. The summed E-state index contributed by atoms with van der Waals surface area (Å²) in [4.78, 5) is 42.5. The maximum atomic E-state index is 13.2. The van der Waals surface area contributed by atoms with Crippen LogP contribution in [0.5, 0.6) is 0 Å². The molecule has 0 aliphatic carbocycles. The Balaban J connectivity index is 1.45. The molecule has 0 spiro atoms. The van der Waals surface area contributed by atoms with Gasteiger partial charge >= 0.3 is 0 Å². The normalized spacial score (nSPS) is 13.1. The molecule has 1 aliphatic rings. The van der Waals surface area contributed by atoms with Crippen molar-refractivity contribution in [3.05, 3.63) is 96.0 Å². The van der Waals surface area contributed by atoms with Gasteiger partial charge in [-0.3, -0.25) is 19.1 Å². The van der Waals surface area contributed by atoms with Crippen molar-refractivity contribution in [2.75, 3.05) is 9.62 Å². The van der Waals surface area contributed by atoms with Crippen molar-refractivity contribution in [1.82, 2.24) is 4.98 Å². The summed E-state index contributed by atoms with van der Waals surface area (Å²) in [5, 5.41) is 0. The Labute approximate surface area is 200 Å². The van der Waals surface area contributed by atoms with E-state index in [1.165, 1.54) is 74.1 Å². The lowest BCUT2D eigenvalue weighted by Gasteiger charge is -2.14. The lowest BCUT2D eigenvalue weighted by atomic mass is 10.1. The van der Waals surface area contributed by atoms with E-state index in [1.54, 1.807) is 12.1 Å². The SMILES string of the molecule is CC(=O)c1ccc(N2C(=O)c3cccc(NS(=O)(=O)c4ccc(-c5cnco5)cc4)c3C2=O)cc1. The molecule has 2 amide bonds. The Morgan fingerprint density at radius 1 is 0.943 bits per heavy atom. The number of aromatic nitrogens is 1. The van der Waals surface area contributed by atoms with Crippen molar-refractivity contribution in [1.29, 1.82) is 0 Å². The highest BCUT2D eigenvalue weighted by molar-refractivity contribution is 7.92. The number of nitrogens with zero attached hydrogens (tertiary/aromatic N) is 2. The fourth-order valence-corrected chi connectivity index (χ4v) is 4.88. The number of amides is 2. The first-order valence-electron chi connectivity index (χ1n) is 10.4. The number of Topliss-reactive ketones (excluding diaryl/α,β-unsaturated/α-hetero) is 1. The molecule has 0 fully saturated rings. The molecule has 1 aromatic heterocycles. The van der Waals surface area contributed by atoms with Crippen LogP contribution in [0.15, 0.2) is 88.6 Å². The van der Waals surface area contributed by atoms with E-state index in [-0.39, 0.29) is 33.2 Å². The largest absolute Gasteiger partial charge is 0.444 e. The fourth-order valence-electron chi connectivity index (χ4n) is 3.81. The first-order valence-corrected chi connectivity index (χ1v) is 11.9. The van der Waals surface area contributed by atoms with E-state index >= 15 is 0 Å². The summed E-state index contributed by atoms with van der Waals surface area (Å²) in [7, 11) is -4.07. The summed E-state index contributed by atoms with van der Waals surface area (Å²) in [6, 6.07) is 16.4. The number of benzene rings is 3. The van der Waals surface area contributed by atoms with Gasteiger partial charge in [-0.25, -0.2) is 18.3 Å². The summed E-state index contributed by atoms with van der Waals surface area (Å²) in [5.41, 5.74) is 1.38. The second kappa shape index (κ2) is 8.33. The molecule has 3 aromatic carbocycles. The molecule has 0 saturated heterocycles. The highest BCUT2D eigenvalue weighted by atomic mass is 32.2. The van der Waals surface area contributed by atoms with Gasteiger partial charge in [0.25, 0.3) is 21.8 Å². The first-order chi connectivity index (χ1) is 16.8. The summed E-state index contributed by atoms with van der Waals surface area (Å²) in [5.74, 6) is -0.912. The van der Waals surface area contributed by atoms with Crippen LogP contribution in [-0.2, 0) is 10.0 Å². The van der Waals surface area contributed by atoms with Gasteiger partial charge in [0.1, 0.15) is 0 Å². The van der Waals surface area contributed by atoms with Crippen molar-refractivity contribution in [3.63, 3.8) is 0 Å². The van der Waals surface area contributed by atoms with E-state index in [2.05, 4.69) is 9.71 Å². The summed E-state index contributed by atoms with van der Waals surface area (Å²) >= 11 is 0. The zero-order valence-corrected chi connectivity index (χ0v) is 19.1. The Morgan fingerprint density at radius 2 is 1.66 bits per heavy atom. The van der Waals surface area contributed by atoms with Crippen LogP contribution in [0.25, 0.3) is 11.3 Å². The number of rotatable bonds is 6. The third kappa shape index (κ3) is 3.89. The molecular formula is C25H17N3O6S. The van der Waals surface area contributed by atoms with E-state index < -0.39 is 21.8 Å². The van der Waals surface area contributed by atoms with E-state index in [0.29, 0.717) is 16.9 Å². The fraction of sp³-hybridized carbons (Fsp3) is 0.0400. The molecule has 0 bridgehead atoms.